The maximum absolute atomic E-state index is 11.6. The molecule has 0 saturated carbocycles. The summed E-state index contributed by atoms with van der Waals surface area (Å²) in [4.78, 5) is 0. The second-order valence-corrected chi connectivity index (χ2v) is 1.72. The minimum atomic E-state index is -4.75. The average Bonchev–Trinajstić information content (AvgIpc) is 1.62. The van der Waals surface area contributed by atoms with Crippen LogP contribution < -0.4 is 0 Å². The third kappa shape index (κ3) is 2.70. The summed E-state index contributed by atoms with van der Waals surface area (Å²) in [6.07, 6.45) is -4.75. The highest BCUT2D eigenvalue weighted by molar-refractivity contribution is 6.30. The zero-order valence-corrected chi connectivity index (χ0v) is 5.15. The number of hydrogen-bond donors (Lipinski definition) is 0. The molecule has 0 aromatic carbocycles. The van der Waals surface area contributed by atoms with E-state index in [1.54, 1.807) is 0 Å². The fourth-order valence-electron chi connectivity index (χ4n) is 0.195. The SMILES string of the molecule is CC(F)=C(Cl)C(F)(F)F. The van der Waals surface area contributed by atoms with Gasteiger partial charge < -0.3 is 0 Å². The van der Waals surface area contributed by atoms with Gasteiger partial charge in [-0.25, -0.2) is 4.39 Å². The van der Waals surface area contributed by atoms with Crippen LogP contribution in [-0.2, 0) is 0 Å². The smallest absolute Gasteiger partial charge is 0.211 e. The fourth-order valence-corrected chi connectivity index (χ4v) is 0.195. The van der Waals surface area contributed by atoms with E-state index in [0.717, 1.165) is 0 Å². The van der Waals surface area contributed by atoms with Gasteiger partial charge in [0.25, 0.3) is 0 Å². The number of alkyl halides is 3. The highest BCUT2D eigenvalue weighted by atomic mass is 35.5. The fraction of sp³-hybridized carbons (Fsp3) is 0.500. The van der Waals surface area contributed by atoms with Crippen molar-refractivity contribution >= 4 is 11.6 Å². The summed E-state index contributed by atoms with van der Waals surface area (Å²) in [5.41, 5.74) is 0. The van der Waals surface area contributed by atoms with E-state index in [0.29, 0.717) is 6.92 Å². The highest BCUT2D eigenvalue weighted by Crippen LogP contribution is 2.31. The maximum Gasteiger partial charge on any atom is 0.429 e. The van der Waals surface area contributed by atoms with E-state index < -0.39 is 17.0 Å². The van der Waals surface area contributed by atoms with Crippen molar-refractivity contribution in [3.63, 3.8) is 0 Å². The van der Waals surface area contributed by atoms with Crippen molar-refractivity contribution in [2.75, 3.05) is 0 Å². The van der Waals surface area contributed by atoms with Crippen molar-refractivity contribution in [1.82, 2.24) is 0 Å². The molecule has 0 aromatic heterocycles. The zero-order valence-electron chi connectivity index (χ0n) is 4.39. The number of hydrogen-bond acceptors (Lipinski definition) is 0. The van der Waals surface area contributed by atoms with Gasteiger partial charge in [0.2, 0.25) is 0 Å². The van der Waals surface area contributed by atoms with Crippen LogP contribution in [0.5, 0.6) is 0 Å². The van der Waals surface area contributed by atoms with Gasteiger partial charge in [0, 0.05) is 0 Å². The third-order valence-corrected chi connectivity index (χ3v) is 1.03. The predicted octanol–water partition coefficient (Wildman–Crippen LogP) is 2.99. The predicted molar refractivity (Wildman–Crippen MR) is 25.7 cm³/mol. The summed E-state index contributed by atoms with van der Waals surface area (Å²) in [5.74, 6) is -1.41. The zero-order chi connectivity index (χ0) is 7.65. The van der Waals surface area contributed by atoms with Gasteiger partial charge in [-0.05, 0) is 6.92 Å². The van der Waals surface area contributed by atoms with Gasteiger partial charge in [0.1, 0.15) is 5.83 Å². The van der Waals surface area contributed by atoms with Crippen molar-refractivity contribution in [3.8, 4) is 0 Å². The van der Waals surface area contributed by atoms with Crippen molar-refractivity contribution in [2.24, 2.45) is 0 Å². The normalized spacial score (nSPS) is 15.3. The molecule has 54 valence electrons. The highest BCUT2D eigenvalue weighted by Gasteiger charge is 2.34. The first-order valence-electron chi connectivity index (χ1n) is 1.94. The van der Waals surface area contributed by atoms with E-state index in [1.807, 2.05) is 0 Å². The molecule has 0 saturated heterocycles. The molecular formula is C4H3ClF4. The lowest BCUT2D eigenvalue weighted by Crippen LogP contribution is -2.07. The van der Waals surface area contributed by atoms with Crippen LogP contribution in [0.2, 0.25) is 0 Å². The Morgan fingerprint density at radius 2 is 1.67 bits per heavy atom. The van der Waals surface area contributed by atoms with Crippen LogP contribution >= 0.6 is 11.6 Å². The first-order valence-corrected chi connectivity index (χ1v) is 2.32. The maximum atomic E-state index is 11.6. The topological polar surface area (TPSA) is 0 Å². The van der Waals surface area contributed by atoms with E-state index in [-0.39, 0.29) is 0 Å². The van der Waals surface area contributed by atoms with E-state index in [1.165, 1.54) is 0 Å². The van der Waals surface area contributed by atoms with Crippen LogP contribution in [0.3, 0.4) is 0 Å². The van der Waals surface area contributed by atoms with Crippen LogP contribution in [0.4, 0.5) is 17.6 Å². The molecule has 0 spiro atoms. The Balaban J connectivity index is 4.40. The summed E-state index contributed by atoms with van der Waals surface area (Å²) in [6.45, 7) is 0.649. The van der Waals surface area contributed by atoms with E-state index >= 15 is 0 Å². The second-order valence-electron chi connectivity index (χ2n) is 1.35. The lowest BCUT2D eigenvalue weighted by atomic mass is 10.5. The molecule has 0 aromatic rings. The molecule has 0 radical (unpaired) electrons. The average molecular weight is 163 g/mol. The van der Waals surface area contributed by atoms with Crippen LogP contribution in [0.25, 0.3) is 0 Å². The summed E-state index contributed by atoms with van der Waals surface area (Å²) in [6, 6.07) is 0. The molecular weight excluding hydrogens is 159 g/mol. The molecule has 0 aliphatic rings. The van der Waals surface area contributed by atoms with Gasteiger partial charge in [0.15, 0.2) is 5.03 Å². The van der Waals surface area contributed by atoms with Gasteiger partial charge >= 0.3 is 6.18 Å². The molecule has 0 heterocycles. The lowest BCUT2D eigenvalue weighted by Gasteiger charge is -2.02. The van der Waals surface area contributed by atoms with Crippen molar-refractivity contribution in [3.05, 3.63) is 10.9 Å². The van der Waals surface area contributed by atoms with E-state index in [2.05, 4.69) is 11.6 Å². The summed E-state index contributed by atoms with van der Waals surface area (Å²) >= 11 is 4.47. The van der Waals surface area contributed by atoms with Crippen LogP contribution in [0, 0.1) is 0 Å². The Morgan fingerprint density at radius 3 is 1.67 bits per heavy atom. The quantitative estimate of drug-likeness (QED) is 0.481. The molecule has 0 atom stereocenters. The second kappa shape index (κ2) is 2.56. The van der Waals surface area contributed by atoms with Crippen LogP contribution in [0.1, 0.15) is 6.92 Å². The molecule has 0 bridgehead atoms. The number of allylic oxidation sites excluding steroid dienone is 2. The molecule has 0 aliphatic heterocycles. The Hall–Kier alpha value is -0.250. The Labute approximate surface area is 54.1 Å². The van der Waals surface area contributed by atoms with Gasteiger partial charge in [0.05, 0.1) is 0 Å². The molecule has 0 nitrogen and oxygen atoms in total. The molecule has 0 amide bonds. The number of rotatable bonds is 0. The van der Waals surface area contributed by atoms with Crippen molar-refractivity contribution < 1.29 is 17.6 Å². The lowest BCUT2D eigenvalue weighted by molar-refractivity contribution is -0.0861. The molecule has 0 N–H and O–H groups in total. The Bertz CT molecular complexity index is 130. The van der Waals surface area contributed by atoms with E-state index in [9.17, 15) is 17.6 Å². The summed E-state index contributed by atoms with van der Waals surface area (Å²) < 4.78 is 45.4. The van der Waals surface area contributed by atoms with Crippen LogP contribution in [0.15, 0.2) is 10.9 Å². The first-order chi connectivity index (χ1) is 3.85. The van der Waals surface area contributed by atoms with Crippen molar-refractivity contribution in [1.29, 1.82) is 0 Å². The third-order valence-electron chi connectivity index (χ3n) is 0.551. The minimum Gasteiger partial charge on any atom is -0.211 e. The molecule has 0 rings (SSSR count). The van der Waals surface area contributed by atoms with Crippen LogP contribution in [-0.4, -0.2) is 6.18 Å². The first kappa shape index (κ1) is 8.75. The van der Waals surface area contributed by atoms with Gasteiger partial charge in [-0.15, -0.1) is 0 Å². The monoisotopic (exact) mass is 162 g/mol. The molecule has 9 heavy (non-hydrogen) atoms. The molecule has 5 heteroatoms. The molecule has 0 unspecified atom stereocenters. The van der Waals surface area contributed by atoms with Crippen molar-refractivity contribution in [2.45, 2.75) is 13.1 Å². The molecule has 0 fully saturated rings. The largest absolute Gasteiger partial charge is 0.429 e. The molecule has 0 aliphatic carbocycles. The van der Waals surface area contributed by atoms with Gasteiger partial charge in [-0.1, -0.05) is 11.6 Å². The van der Waals surface area contributed by atoms with Gasteiger partial charge in [-0.3, -0.25) is 0 Å². The number of halogens is 5. The van der Waals surface area contributed by atoms with Gasteiger partial charge in [-0.2, -0.15) is 13.2 Å². The summed E-state index contributed by atoms with van der Waals surface area (Å²) in [5, 5.41) is -1.69. The minimum absolute atomic E-state index is 0.649. The Morgan fingerprint density at radius 1 is 1.33 bits per heavy atom. The summed E-state index contributed by atoms with van der Waals surface area (Å²) in [7, 11) is 0. The standard InChI is InChI=1S/C4H3ClF4/c1-2(6)3(5)4(7,8)9/h1H3. The Kier molecular flexibility index (Phi) is 2.49. The van der Waals surface area contributed by atoms with E-state index in [4.69, 9.17) is 0 Å².